The summed E-state index contributed by atoms with van der Waals surface area (Å²) in [6, 6.07) is 22.6. The highest BCUT2D eigenvalue weighted by molar-refractivity contribution is 5.96. The zero-order valence-electron chi connectivity index (χ0n) is 13.9. The summed E-state index contributed by atoms with van der Waals surface area (Å²) in [5.74, 6) is -0.834. The maximum atomic E-state index is 12.1. The van der Waals surface area contributed by atoms with Crippen molar-refractivity contribution >= 4 is 22.6 Å². The molecule has 0 heterocycles. The van der Waals surface area contributed by atoms with E-state index in [1.54, 1.807) is 12.1 Å². The first-order chi connectivity index (χ1) is 12.1. The third-order valence-electron chi connectivity index (χ3n) is 4.00. The molecule has 0 aliphatic carbocycles. The van der Waals surface area contributed by atoms with E-state index in [-0.39, 0.29) is 18.6 Å². The molecule has 4 nitrogen and oxygen atoms in total. The average molecular weight is 333 g/mol. The van der Waals surface area contributed by atoms with Gasteiger partial charge in [-0.2, -0.15) is 0 Å². The van der Waals surface area contributed by atoms with E-state index in [9.17, 15) is 9.59 Å². The summed E-state index contributed by atoms with van der Waals surface area (Å²) in [5.41, 5.74) is 1.43. The molecule has 25 heavy (non-hydrogen) atoms. The second kappa shape index (κ2) is 7.62. The van der Waals surface area contributed by atoms with Crippen LogP contribution in [0, 0.1) is 0 Å². The van der Waals surface area contributed by atoms with Gasteiger partial charge in [0.15, 0.2) is 6.61 Å². The number of hydrogen-bond donors (Lipinski definition) is 1. The number of carbonyl (C=O) groups is 2. The van der Waals surface area contributed by atoms with E-state index < -0.39 is 5.97 Å². The van der Waals surface area contributed by atoms with Crippen LogP contribution in [-0.2, 0) is 9.53 Å². The second-order valence-electron chi connectivity index (χ2n) is 5.84. The van der Waals surface area contributed by atoms with Gasteiger partial charge in [0.25, 0.3) is 5.91 Å². The van der Waals surface area contributed by atoms with Crippen LogP contribution in [0.15, 0.2) is 72.8 Å². The summed E-state index contributed by atoms with van der Waals surface area (Å²) < 4.78 is 5.12. The lowest BCUT2D eigenvalue weighted by Crippen LogP contribution is -2.31. The highest BCUT2D eigenvalue weighted by atomic mass is 16.5. The maximum Gasteiger partial charge on any atom is 0.338 e. The second-order valence-corrected chi connectivity index (χ2v) is 5.84. The van der Waals surface area contributed by atoms with Crippen LogP contribution in [0.3, 0.4) is 0 Å². The molecular weight excluding hydrogens is 314 g/mol. The van der Waals surface area contributed by atoms with Gasteiger partial charge in [-0.3, -0.25) is 4.79 Å². The smallest absolute Gasteiger partial charge is 0.338 e. The van der Waals surface area contributed by atoms with E-state index in [0.717, 1.165) is 16.3 Å². The van der Waals surface area contributed by atoms with Crippen LogP contribution in [0.5, 0.6) is 0 Å². The van der Waals surface area contributed by atoms with Crippen molar-refractivity contribution in [2.45, 2.75) is 13.0 Å². The highest BCUT2D eigenvalue weighted by Crippen LogP contribution is 2.16. The van der Waals surface area contributed by atoms with Crippen LogP contribution in [0.25, 0.3) is 10.8 Å². The summed E-state index contributed by atoms with van der Waals surface area (Å²) in [6.45, 7) is 1.58. The van der Waals surface area contributed by atoms with Crippen molar-refractivity contribution in [1.29, 1.82) is 0 Å². The minimum atomic E-state index is -0.506. The standard InChI is InChI=1S/C21H19NO3/c1-15(16-7-3-2-4-8-16)22-20(23)14-25-21(24)19-12-11-17-9-5-6-10-18(17)13-19/h2-13,15H,14H2,1H3,(H,22,23). The molecule has 0 fully saturated rings. The quantitative estimate of drug-likeness (QED) is 0.721. The van der Waals surface area contributed by atoms with Gasteiger partial charge in [0.2, 0.25) is 0 Å². The Hall–Kier alpha value is -3.14. The Morgan fingerprint density at radius 1 is 0.920 bits per heavy atom. The van der Waals surface area contributed by atoms with E-state index in [4.69, 9.17) is 4.74 Å². The first-order valence-electron chi connectivity index (χ1n) is 8.14. The molecule has 0 saturated carbocycles. The van der Waals surface area contributed by atoms with Gasteiger partial charge >= 0.3 is 5.97 Å². The zero-order valence-corrected chi connectivity index (χ0v) is 13.9. The van der Waals surface area contributed by atoms with Crippen molar-refractivity contribution in [3.05, 3.63) is 83.9 Å². The Labute approximate surface area is 146 Å². The molecular formula is C21H19NO3. The number of fused-ring (bicyclic) bond motifs is 1. The minimum absolute atomic E-state index is 0.145. The predicted molar refractivity (Wildman–Crippen MR) is 97.2 cm³/mol. The number of amides is 1. The van der Waals surface area contributed by atoms with E-state index >= 15 is 0 Å². The molecule has 1 unspecified atom stereocenters. The molecule has 0 aliphatic rings. The number of esters is 1. The van der Waals surface area contributed by atoms with Crippen LogP contribution in [0.1, 0.15) is 28.9 Å². The van der Waals surface area contributed by atoms with Gasteiger partial charge in [-0.05, 0) is 35.4 Å². The van der Waals surface area contributed by atoms with Crippen LogP contribution >= 0.6 is 0 Å². The Bertz CT molecular complexity index is 890. The van der Waals surface area contributed by atoms with Crippen LogP contribution in [0.2, 0.25) is 0 Å². The average Bonchev–Trinajstić information content (AvgIpc) is 2.66. The molecule has 0 aliphatic heterocycles. The molecule has 3 aromatic rings. The van der Waals surface area contributed by atoms with E-state index in [1.165, 1.54) is 0 Å². The molecule has 1 amide bonds. The Morgan fingerprint density at radius 2 is 1.60 bits per heavy atom. The lowest BCUT2D eigenvalue weighted by atomic mass is 10.1. The molecule has 0 saturated heterocycles. The van der Waals surface area contributed by atoms with Gasteiger partial charge in [-0.15, -0.1) is 0 Å². The Balaban J connectivity index is 1.56. The number of ether oxygens (including phenoxy) is 1. The fraction of sp³-hybridized carbons (Fsp3) is 0.143. The topological polar surface area (TPSA) is 55.4 Å². The first-order valence-corrected chi connectivity index (χ1v) is 8.14. The summed E-state index contributed by atoms with van der Waals surface area (Å²) in [5, 5.41) is 4.82. The third kappa shape index (κ3) is 4.23. The summed E-state index contributed by atoms with van der Waals surface area (Å²) >= 11 is 0. The fourth-order valence-corrected chi connectivity index (χ4v) is 2.64. The number of hydrogen-bond acceptors (Lipinski definition) is 3. The molecule has 3 aromatic carbocycles. The van der Waals surface area contributed by atoms with Crippen LogP contribution in [-0.4, -0.2) is 18.5 Å². The van der Waals surface area contributed by atoms with Gasteiger partial charge in [-0.1, -0.05) is 60.7 Å². The molecule has 3 rings (SSSR count). The Morgan fingerprint density at radius 3 is 2.36 bits per heavy atom. The van der Waals surface area contributed by atoms with Gasteiger partial charge in [0, 0.05) is 0 Å². The minimum Gasteiger partial charge on any atom is -0.452 e. The highest BCUT2D eigenvalue weighted by Gasteiger charge is 2.13. The number of carbonyl (C=O) groups excluding carboxylic acids is 2. The van der Waals surface area contributed by atoms with Crippen molar-refractivity contribution in [3.63, 3.8) is 0 Å². The lowest BCUT2D eigenvalue weighted by Gasteiger charge is -2.14. The van der Waals surface area contributed by atoms with Gasteiger partial charge < -0.3 is 10.1 Å². The summed E-state index contributed by atoms with van der Waals surface area (Å²) in [4.78, 5) is 24.1. The van der Waals surface area contributed by atoms with Crippen molar-refractivity contribution in [3.8, 4) is 0 Å². The molecule has 126 valence electrons. The molecule has 1 atom stereocenters. The van der Waals surface area contributed by atoms with Crippen molar-refractivity contribution in [2.75, 3.05) is 6.61 Å². The monoisotopic (exact) mass is 333 g/mol. The number of benzene rings is 3. The number of rotatable bonds is 5. The third-order valence-corrected chi connectivity index (χ3v) is 4.00. The fourth-order valence-electron chi connectivity index (χ4n) is 2.64. The maximum absolute atomic E-state index is 12.1. The van der Waals surface area contributed by atoms with E-state index in [1.807, 2.05) is 67.6 Å². The molecule has 0 bridgehead atoms. The normalized spacial score (nSPS) is 11.7. The lowest BCUT2D eigenvalue weighted by molar-refractivity contribution is -0.124. The SMILES string of the molecule is CC(NC(=O)COC(=O)c1ccc2ccccc2c1)c1ccccc1. The van der Waals surface area contributed by atoms with Gasteiger partial charge in [0.1, 0.15) is 0 Å². The van der Waals surface area contributed by atoms with Crippen molar-refractivity contribution in [1.82, 2.24) is 5.32 Å². The Kier molecular flexibility index (Phi) is 5.09. The molecule has 4 heteroatoms. The van der Waals surface area contributed by atoms with Crippen molar-refractivity contribution in [2.24, 2.45) is 0 Å². The molecule has 1 N–H and O–H groups in total. The van der Waals surface area contributed by atoms with Gasteiger partial charge in [0.05, 0.1) is 11.6 Å². The number of nitrogens with one attached hydrogen (secondary N) is 1. The van der Waals surface area contributed by atoms with Gasteiger partial charge in [-0.25, -0.2) is 4.79 Å². The largest absolute Gasteiger partial charge is 0.452 e. The molecule has 0 aromatic heterocycles. The summed E-state index contributed by atoms with van der Waals surface area (Å²) in [6.07, 6.45) is 0. The zero-order chi connectivity index (χ0) is 17.6. The molecule has 0 radical (unpaired) electrons. The van der Waals surface area contributed by atoms with E-state index in [0.29, 0.717) is 5.56 Å². The van der Waals surface area contributed by atoms with E-state index in [2.05, 4.69) is 5.32 Å². The van der Waals surface area contributed by atoms with Crippen LogP contribution in [0.4, 0.5) is 0 Å². The predicted octanol–water partition coefficient (Wildman–Crippen LogP) is 3.87. The molecule has 0 spiro atoms. The van der Waals surface area contributed by atoms with Crippen molar-refractivity contribution < 1.29 is 14.3 Å². The summed E-state index contributed by atoms with van der Waals surface area (Å²) in [7, 11) is 0. The van der Waals surface area contributed by atoms with Crippen LogP contribution < -0.4 is 5.32 Å². The first kappa shape index (κ1) is 16.7.